The van der Waals surface area contributed by atoms with Gasteiger partial charge in [-0.1, -0.05) is 40.0 Å². The first-order valence-electron chi connectivity index (χ1n) is 6.20. The zero-order chi connectivity index (χ0) is 10.8. The van der Waals surface area contributed by atoms with Crippen molar-refractivity contribution >= 4 is 0 Å². The number of rotatable bonds is 9. The Morgan fingerprint density at radius 2 is 1.71 bits per heavy atom. The van der Waals surface area contributed by atoms with Gasteiger partial charge in [0.05, 0.1) is 0 Å². The Morgan fingerprint density at radius 3 is 2.14 bits per heavy atom. The maximum Gasteiger partial charge on any atom is 0.0105 e. The molecule has 0 aliphatic carbocycles. The molecule has 0 saturated carbocycles. The number of unbranched alkanes of at least 4 members (excludes halogenated alkanes) is 1. The van der Waals surface area contributed by atoms with Crippen LogP contribution >= 0.6 is 0 Å². The van der Waals surface area contributed by atoms with Gasteiger partial charge in [-0.3, -0.25) is 0 Å². The highest BCUT2D eigenvalue weighted by atomic mass is 15.1. The maximum atomic E-state index is 5.62. The molecule has 86 valence electrons. The third-order valence-electron chi connectivity index (χ3n) is 2.94. The van der Waals surface area contributed by atoms with Crippen LogP contribution in [0.5, 0.6) is 0 Å². The predicted octanol–water partition coefficient (Wildman–Crippen LogP) is 2.48. The molecule has 0 aliphatic rings. The quantitative estimate of drug-likeness (QED) is 0.619. The predicted molar refractivity (Wildman–Crippen MR) is 64.5 cm³/mol. The molecule has 2 N–H and O–H groups in total. The summed E-state index contributed by atoms with van der Waals surface area (Å²) in [6.45, 7) is 11.1. The van der Waals surface area contributed by atoms with Gasteiger partial charge in [0, 0.05) is 19.6 Å². The van der Waals surface area contributed by atoms with Crippen molar-refractivity contribution in [2.75, 3.05) is 26.2 Å². The standard InChI is InChI=1S/C12H28N2/c1-4-7-9-14(10-8-13)11-12(5-2)6-3/h12H,4-11,13H2,1-3H3. The van der Waals surface area contributed by atoms with Gasteiger partial charge in [-0.15, -0.1) is 0 Å². The van der Waals surface area contributed by atoms with E-state index in [0.717, 1.165) is 19.0 Å². The van der Waals surface area contributed by atoms with Crippen molar-refractivity contribution in [2.45, 2.75) is 46.5 Å². The number of hydrogen-bond donors (Lipinski definition) is 1. The van der Waals surface area contributed by atoms with Gasteiger partial charge in [-0.25, -0.2) is 0 Å². The lowest BCUT2D eigenvalue weighted by molar-refractivity contribution is 0.226. The molecule has 0 heterocycles. The van der Waals surface area contributed by atoms with E-state index in [1.54, 1.807) is 0 Å². The fraction of sp³-hybridized carbons (Fsp3) is 1.00. The molecular formula is C12H28N2. The molecule has 0 aromatic carbocycles. The Kier molecular flexibility index (Phi) is 9.42. The molecule has 0 rings (SSSR count). The lowest BCUT2D eigenvalue weighted by atomic mass is 10.0. The summed E-state index contributed by atoms with van der Waals surface area (Å²) in [4.78, 5) is 2.53. The molecule has 0 aliphatic heterocycles. The Balaban J connectivity index is 3.80. The second kappa shape index (κ2) is 9.47. The highest BCUT2D eigenvalue weighted by Gasteiger charge is 2.09. The van der Waals surface area contributed by atoms with Gasteiger partial charge in [0.25, 0.3) is 0 Å². The first-order chi connectivity index (χ1) is 6.78. The third-order valence-corrected chi connectivity index (χ3v) is 2.94. The van der Waals surface area contributed by atoms with Crippen molar-refractivity contribution < 1.29 is 0 Å². The van der Waals surface area contributed by atoms with Crippen LogP contribution in [0.15, 0.2) is 0 Å². The maximum absolute atomic E-state index is 5.62. The molecule has 0 atom stereocenters. The fourth-order valence-electron chi connectivity index (χ4n) is 1.77. The van der Waals surface area contributed by atoms with Crippen LogP contribution in [-0.2, 0) is 0 Å². The Hall–Kier alpha value is -0.0800. The highest BCUT2D eigenvalue weighted by molar-refractivity contribution is 4.64. The van der Waals surface area contributed by atoms with Crippen molar-refractivity contribution in [3.8, 4) is 0 Å². The molecule has 0 aromatic rings. The average molecular weight is 200 g/mol. The summed E-state index contributed by atoms with van der Waals surface area (Å²) in [5.41, 5.74) is 5.62. The molecular weight excluding hydrogens is 172 g/mol. The van der Waals surface area contributed by atoms with E-state index in [1.165, 1.54) is 38.8 Å². The molecule has 0 radical (unpaired) electrons. The minimum absolute atomic E-state index is 0.795. The minimum atomic E-state index is 0.795. The molecule has 0 saturated heterocycles. The molecule has 14 heavy (non-hydrogen) atoms. The van der Waals surface area contributed by atoms with Gasteiger partial charge in [0.15, 0.2) is 0 Å². The Labute approximate surface area is 89.9 Å². The normalized spacial score (nSPS) is 11.6. The van der Waals surface area contributed by atoms with Crippen LogP contribution in [0.4, 0.5) is 0 Å². The zero-order valence-corrected chi connectivity index (χ0v) is 10.3. The summed E-state index contributed by atoms with van der Waals surface area (Å²) in [6, 6.07) is 0. The molecule has 0 spiro atoms. The second-order valence-corrected chi connectivity index (χ2v) is 4.13. The topological polar surface area (TPSA) is 29.3 Å². The Bertz CT molecular complexity index is 111. The van der Waals surface area contributed by atoms with Gasteiger partial charge in [-0.05, 0) is 18.9 Å². The fourth-order valence-corrected chi connectivity index (χ4v) is 1.77. The summed E-state index contributed by atoms with van der Waals surface area (Å²) in [7, 11) is 0. The summed E-state index contributed by atoms with van der Waals surface area (Å²) in [5, 5.41) is 0. The van der Waals surface area contributed by atoms with Crippen LogP contribution in [0.1, 0.15) is 46.5 Å². The molecule has 0 amide bonds. The van der Waals surface area contributed by atoms with E-state index in [9.17, 15) is 0 Å². The molecule has 0 aromatic heterocycles. The van der Waals surface area contributed by atoms with Crippen molar-refractivity contribution in [3.63, 3.8) is 0 Å². The summed E-state index contributed by atoms with van der Waals surface area (Å²) >= 11 is 0. The van der Waals surface area contributed by atoms with Crippen LogP contribution in [0, 0.1) is 5.92 Å². The van der Waals surface area contributed by atoms with Gasteiger partial charge in [0.2, 0.25) is 0 Å². The third kappa shape index (κ3) is 6.39. The van der Waals surface area contributed by atoms with Gasteiger partial charge in [0.1, 0.15) is 0 Å². The lowest BCUT2D eigenvalue weighted by Crippen LogP contribution is -2.34. The lowest BCUT2D eigenvalue weighted by Gasteiger charge is -2.25. The monoisotopic (exact) mass is 200 g/mol. The average Bonchev–Trinajstić information content (AvgIpc) is 2.22. The number of hydrogen-bond acceptors (Lipinski definition) is 2. The van der Waals surface area contributed by atoms with E-state index in [2.05, 4.69) is 25.7 Å². The van der Waals surface area contributed by atoms with E-state index in [-0.39, 0.29) is 0 Å². The summed E-state index contributed by atoms with van der Waals surface area (Å²) < 4.78 is 0. The zero-order valence-electron chi connectivity index (χ0n) is 10.3. The van der Waals surface area contributed by atoms with Gasteiger partial charge >= 0.3 is 0 Å². The van der Waals surface area contributed by atoms with Crippen molar-refractivity contribution in [3.05, 3.63) is 0 Å². The first-order valence-corrected chi connectivity index (χ1v) is 6.20. The molecule has 2 nitrogen and oxygen atoms in total. The van der Waals surface area contributed by atoms with Crippen molar-refractivity contribution in [1.29, 1.82) is 0 Å². The number of nitrogens with zero attached hydrogens (tertiary/aromatic N) is 1. The SMILES string of the molecule is CCCCN(CCN)CC(CC)CC. The van der Waals surface area contributed by atoms with E-state index in [4.69, 9.17) is 5.73 Å². The molecule has 2 heteroatoms. The van der Waals surface area contributed by atoms with E-state index < -0.39 is 0 Å². The van der Waals surface area contributed by atoms with Crippen LogP contribution in [-0.4, -0.2) is 31.1 Å². The van der Waals surface area contributed by atoms with E-state index in [1.807, 2.05) is 0 Å². The van der Waals surface area contributed by atoms with Crippen molar-refractivity contribution in [2.24, 2.45) is 11.7 Å². The second-order valence-electron chi connectivity index (χ2n) is 4.13. The van der Waals surface area contributed by atoms with Crippen LogP contribution in [0.2, 0.25) is 0 Å². The van der Waals surface area contributed by atoms with Crippen LogP contribution in [0.3, 0.4) is 0 Å². The van der Waals surface area contributed by atoms with Gasteiger partial charge in [-0.2, -0.15) is 0 Å². The van der Waals surface area contributed by atoms with Crippen LogP contribution < -0.4 is 5.73 Å². The molecule has 0 fully saturated rings. The summed E-state index contributed by atoms with van der Waals surface area (Å²) in [5.74, 6) is 0.860. The summed E-state index contributed by atoms with van der Waals surface area (Å²) in [6.07, 6.45) is 5.18. The largest absolute Gasteiger partial charge is 0.329 e. The smallest absolute Gasteiger partial charge is 0.0105 e. The van der Waals surface area contributed by atoms with Crippen LogP contribution in [0.25, 0.3) is 0 Å². The Morgan fingerprint density at radius 1 is 1.07 bits per heavy atom. The minimum Gasteiger partial charge on any atom is -0.329 e. The highest BCUT2D eigenvalue weighted by Crippen LogP contribution is 2.10. The van der Waals surface area contributed by atoms with E-state index in [0.29, 0.717) is 0 Å². The molecule has 0 bridgehead atoms. The first kappa shape index (κ1) is 13.9. The molecule has 0 unspecified atom stereocenters. The van der Waals surface area contributed by atoms with Crippen molar-refractivity contribution in [1.82, 2.24) is 4.90 Å². The van der Waals surface area contributed by atoms with Gasteiger partial charge < -0.3 is 10.6 Å². The number of nitrogens with two attached hydrogens (primary N) is 1. The van der Waals surface area contributed by atoms with E-state index >= 15 is 0 Å².